The fraction of sp³-hybridized carbons (Fsp3) is 0.929. The fourth-order valence-corrected chi connectivity index (χ4v) is 2.87. The molecule has 2 rings (SSSR count). The van der Waals surface area contributed by atoms with Gasteiger partial charge in [-0.05, 0) is 58.9 Å². The summed E-state index contributed by atoms with van der Waals surface area (Å²) in [7, 11) is 2.17. The van der Waals surface area contributed by atoms with Crippen molar-refractivity contribution in [2.24, 2.45) is 5.92 Å². The molecule has 2 heterocycles. The van der Waals surface area contributed by atoms with Crippen LogP contribution in [-0.4, -0.2) is 60.1 Å². The number of carbonyl (C=O) groups is 1. The topological polar surface area (TPSA) is 43.8 Å². The minimum absolute atomic E-state index is 0.0949. The van der Waals surface area contributed by atoms with E-state index in [4.69, 9.17) is 5.11 Å². The van der Waals surface area contributed by atoms with Crippen LogP contribution in [0.15, 0.2) is 0 Å². The molecule has 0 atom stereocenters. The summed E-state index contributed by atoms with van der Waals surface area (Å²) in [6.45, 7) is 8.32. The second kappa shape index (κ2) is 7.74. The third kappa shape index (κ3) is 4.25. The van der Waals surface area contributed by atoms with E-state index in [0.29, 0.717) is 6.04 Å². The molecule has 18 heavy (non-hydrogen) atoms. The first kappa shape index (κ1) is 15.4. The molecule has 2 aliphatic rings. The Morgan fingerprint density at radius 3 is 1.94 bits per heavy atom. The lowest BCUT2D eigenvalue weighted by atomic mass is 9.94. The minimum Gasteiger partial charge on any atom is -0.481 e. The number of hydrogen-bond acceptors (Lipinski definition) is 3. The van der Waals surface area contributed by atoms with Gasteiger partial charge in [-0.1, -0.05) is 13.8 Å². The Hall–Kier alpha value is -0.610. The van der Waals surface area contributed by atoms with E-state index >= 15 is 0 Å². The van der Waals surface area contributed by atoms with Gasteiger partial charge in [0.2, 0.25) is 0 Å². The molecule has 0 aromatic rings. The highest BCUT2D eigenvalue weighted by Crippen LogP contribution is 2.23. The van der Waals surface area contributed by atoms with Crippen molar-refractivity contribution in [1.82, 2.24) is 9.80 Å². The van der Waals surface area contributed by atoms with Crippen molar-refractivity contribution in [1.29, 1.82) is 0 Å². The maximum absolute atomic E-state index is 10.9. The van der Waals surface area contributed by atoms with Gasteiger partial charge in [-0.25, -0.2) is 0 Å². The van der Waals surface area contributed by atoms with Crippen molar-refractivity contribution in [3.05, 3.63) is 0 Å². The molecule has 106 valence electrons. The van der Waals surface area contributed by atoms with Crippen LogP contribution >= 0.6 is 0 Å². The molecule has 0 amide bonds. The molecular formula is C14H28N2O2. The van der Waals surface area contributed by atoms with Gasteiger partial charge in [0.15, 0.2) is 0 Å². The zero-order valence-corrected chi connectivity index (χ0v) is 12.1. The first-order valence-electron chi connectivity index (χ1n) is 7.32. The van der Waals surface area contributed by atoms with Crippen LogP contribution in [0.5, 0.6) is 0 Å². The highest BCUT2D eigenvalue weighted by Gasteiger charge is 2.29. The molecule has 4 nitrogen and oxygen atoms in total. The van der Waals surface area contributed by atoms with Gasteiger partial charge < -0.3 is 14.9 Å². The van der Waals surface area contributed by atoms with Crippen LogP contribution in [0.3, 0.4) is 0 Å². The minimum atomic E-state index is -0.608. The molecule has 2 fully saturated rings. The monoisotopic (exact) mass is 256 g/mol. The van der Waals surface area contributed by atoms with Crippen LogP contribution in [0, 0.1) is 5.92 Å². The molecule has 0 aromatic carbocycles. The van der Waals surface area contributed by atoms with E-state index in [1.165, 1.54) is 25.9 Å². The average Bonchev–Trinajstić information content (AvgIpc) is 2.42. The maximum Gasteiger partial charge on any atom is 0.306 e. The van der Waals surface area contributed by atoms with E-state index in [2.05, 4.69) is 16.8 Å². The fourth-order valence-electron chi connectivity index (χ4n) is 2.87. The number of piperidine rings is 2. The Bertz CT molecular complexity index is 242. The average molecular weight is 256 g/mol. The smallest absolute Gasteiger partial charge is 0.306 e. The van der Waals surface area contributed by atoms with E-state index < -0.39 is 5.97 Å². The number of nitrogens with zero attached hydrogens (tertiary/aromatic N) is 2. The van der Waals surface area contributed by atoms with Crippen LogP contribution < -0.4 is 0 Å². The largest absolute Gasteiger partial charge is 0.481 e. The van der Waals surface area contributed by atoms with Crippen molar-refractivity contribution in [2.75, 3.05) is 33.2 Å². The summed E-state index contributed by atoms with van der Waals surface area (Å²) in [5.74, 6) is -0.703. The van der Waals surface area contributed by atoms with Gasteiger partial charge in [0.25, 0.3) is 0 Å². The Morgan fingerprint density at radius 2 is 1.50 bits per heavy atom. The van der Waals surface area contributed by atoms with Crippen molar-refractivity contribution in [3.8, 4) is 0 Å². The van der Waals surface area contributed by atoms with Gasteiger partial charge in [0.05, 0.1) is 5.92 Å². The lowest BCUT2D eigenvalue weighted by molar-refractivity contribution is -0.143. The summed E-state index contributed by atoms with van der Waals surface area (Å²) in [6, 6.07) is 0.700. The quantitative estimate of drug-likeness (QED) is 0.819. The van der Waals surface area contributed by atoms with Gasteiger partial charge in [0, 0.05) is 6.04 Å². The van der Waals surface area contributed by atoms with Crippen molar-refractivity contribution in [2.45, 2.75) is 45.6 Å². The summed E-state index contributed by atoms with van der Waals surface area (Å²) in [5, 5.41) is 8.94. The van der Waals surface area contributed by atoms with Crippen molar-refractivity contribution in [3.63, 3.8) is 0 Å². The zero-order valence-electron chi connectivity index (χ0n) is 12.1. The van der Waals surface area contributed by atoms with Crippen LogP contribution in [0.25, 0.3) is 0 Å². The second-order valence-corrected chi connectivity index (χ2v) is 5.18. The molecule has 0 bridgehead atoms. The molecule has 4 heteroatoms. The van der Waals surface area contributed by atoms with Crippen LogP contribution in [0.1, 0.15) is 39.5 Å². The van der Waals surface area contributed by atoms with E-state index in [-0.39, 0.29) is 5.92 Å². The van der Waals surface area contributed by atoms with Crippen LogP contribution in [0.4, 0.5) is 0 Å². The SMILES string of the molecule is CC.CN1CCC(N2CCC(C(=O)O)CC2)CC1. The Kier molecular flexibility index (Phi) is 6.65. The standard InChI is InChI=1S/C12H22N2O2.C2H6/c1-13-6-4-11(5-7-13)14-8-2-10(3-9-14)12(15)16;1-2/h10-11H,2-9H2,1H3,(H,15,16);1-2H3. The molecule has 0 aliphatic carbocycles. The van der Waals surface area contributed by atoms with Gasteiger partial charge in [-0.15, -0.1) is 0 Å². The summed E-state index contributed by atoms with van der Waals surface area (Å²) in [4.78, 5) is 15.7. The number of aliphatic carboxylic acids is 1. The van der Waals surface area contributed by atoms with E-state index in [1.807, 2.05) is 13.8 Å². The van der Waals surface area contributed by atoms with Crippen LogP contribution in [-0.2, 0) is 4.79 Å². The lowest BCUT2D eigenvalue weighted by Gasteiger charge is -2.40. The van der Waals surface area contributed by atoms with Crippen molar-refractivity contribution >= 4 is 5.97 Å². The molecule has 0 spiro atoms. The lowest BCUT2D eigenvalue weighted by Crippen LogP contribution is -2.47. The molecule has 0 unspecified atom stereocenters. The molecule has 2 saturated heterocycles. The molecule has 0 saturated carbocycles. The summed E-state index contributed by atoms with van der Waals surface area (Å²) < 4.78 is 0. The molecule has 2 aliphatic heterocycles. The van der Waals surface area contributed by atoms with Crippen molar-refractivity contribution < 1.29 is 9.90 Å². The van der Waals surface area contributed by atoms with E-state index in [1.54, 1.807) is 0 Å². The first-order valence-corrected chi connectivity index (χ1v) is 7.32. The summed E-state index contributed by atoms with van der Waals surface area (Å²) >= 11 is 0. The number of rotatable bonds is 2. The predicted octanol–water partition coefficient (Wildman–Crippen LogP) is 1.90. The van der Waals surface area contributed by atoms with Gasteiger partial charge in [0.1, 0.15) is 0 Å². The predicted molar refractivity (Wildman–Crippen MR) is 73.8 cm³/mol. The maximum atomic E-state index is 10.9. The zero-order chi connectivity index (χ0) is 13.5. The molecular weight excluding hydrogens is 228 g/mol. The molecule has 0 aromatic heterocycles. The van der Waals surface area contributed by atoms with E-state index in [9.17, 15) is 4.79 Å². The Balaban J connectivity index is 0.000000771. The van der Waals surface area contributed by atoms with Crippen LogP contribution in [0.2, 0.25) is 0 Å². The number of carboxylic acids is 1. The Morgan fingerprint density at radius 1 is 1.00 bits per heavy atom. The highest BCUT2D eigenvalue weighted by atomic mass is 16.4. The summed E-state index contributed by atoms with van der Waals surface area (Å²) in [6.07, 6.45) is 4.16. The number of hydrogen-bond donors (Lipinski definition) is 1. The Labute approximate surface area is 111 Å². The molecule has 1 N–H and O–H groups in total. The van der Waals surface area contributed by atoms with Gasteiger partial charge >= 0.3 is 5.97 Å². The number of likely N-dealkylation sites (tertiary alicyclic amines) is 2. The number of carboxylic acid groups (broad SMARTS) is 1. The normalized spacial score (nSPS) is 24.4. The first-order chi connectivity index (χ1) is 8.66. The molecule has 0 radical (unpaired) electrons. The third-order valence-corrected chi connectivity index (χ3v) is 4.08. The van der Waals surface area contributed by atoms with Gasteiger partial charge in [-0.3, -0.25) is 4.79 Å². The van der Waals surface area contributed by atoms with Gasteiger partial charge in [-0.2, -0.15) is 0 Å². The third-order valence-electron chi connectivity index (χ3n) is 4.08. The highest BCUT2D eigenvalue weighted by molar-refractivity contribution is 5.70. The summed E-state index contributed by atoms with van der Waals surface area (Å²) in [5.41, 5.74) is 0. The second-order valence-electron chi connectivity index (χ2n) is 5.18. The van der Waals surface area contributed by atoms with E-state index in [0.717, 1.165) is 25.9 Å².